The van der Waals surface area contributed by atoms with E-state index in [1.807, 2.05) is 0 Å². The molecule has 0 unspecified atom stereocenters. The van der Waals surface area contributed by atoms with Gasteiger partial charge < -0.3 is 10.6 Å². The second kappa shape index (κ2) is 6.43. The van der Waals surface area contributed by atoms with E-state index in [9.17, 15) is 18.0 Å². The van der Waals surface area contributed by atoms with E-state index in [2.05, 4.69) is 0 Å². The van der Waals surface area contributed by atoms with Crippen molar-refractivity contribution < 1.29 is 18.0 Å². The molecule has 7 heteroatoms. The van der Waals surface area contributed by atoms with E-state index in [-0.39, 0.29) is 23.1 Å². The van der Waals surface area contributed by atoms with Crippen LogP contribution in [0.5, 0.6) is 0 Å². The zero-order chi connectivity index (χ0) is 15.6. The second-order valence-electron chi connectivity index (χ2n) is 5.09. The smallest absolute Gasteiger partial charge is 0.254 e. The maximum Gasteiger partial charge on any atom is 0.254 e. The molecule has 0 heterocycles. The van der Waals surface area contributed by atoms with E-state index >= 15 is 0 Å². The summed E-state index contributed by atoms with van der Waals surface area (Å²) in [6.45, 7) is 0.0411. The first kappa shape index (κ1) is 15.8. The summed E-state index contributed by atoms with van der Waals surface area (Å²) < 4.78 is 39.5. The Bertz CT molecular complexity index is 550. The lowest BCUT2D eigenvalue weighted by atomic mass is 10.1. The van der Waals surface area contributed by atoms with Crippen molar-refractivity contribution in [3.05, 3.63) is 35.1 Å². The second-order valence-corrected chi connectivity index (χ2v) is 5.62. The minimum Gasteiger partial charge on any atom is -0.392 e. The first-order chi connectivity index (χ1) is 9.90. The molecule has 1 amide bonds. The number of nitrogens with two attached hydrogens (primary N) is 1. The Labute approximate surface area is 125 Å². The number of amides is 1. The highest BCUT2D eigenvalue weighted by molar-refractivity contribution is 7.80. The van der Waals surface area contributed by atoms with Crippen molar-refractivity contribution in [1.29, 1.82) is 0 Å². The molecule has 1 saturated carbocycles. The molecular formula is C14H15F3N2OS. The summed E-state index contributed by atoms with van der Waals surface area (Å²) in [7, 11) is 0. The minimum atomic E-state index is -1.59. The molecule has 2 N–H and O–H groups in total. The van der Waals surface area contributed by atoms with Crippen LogP contribution in [0.1, 0.15) is 36.0 Å². The van der Waals surface area contributed by atoms with Gasteiger partial charge in [0.2, 0.25) is 0 Å². The molecule has 1 aliphatic carbocycles. The van der Waals surface area contributed by atoms with Crippen LogP contribution < -0.4 is 5.73 Å². The molecule has 0 spiro atoms. The van der Waals surface area contributed by atoms with Gasteiger partial charge in [-0.15, -0.1) is 0 Å². The fourth-order valence-electron chi connectivity index (χ4n) is 2.60. The summed E-state index contributed by atoms with van der Waals surface area (Å²) in [4.78, 5) is 14.0. The maximum absolute atomic E-state index is 13.3. The molecule has 114 valence electrons. The number of thiocarbonyl (C=S) groups is 1. The van der Waals surface area contributed by atoms with Gasteiger partial charge in [-0.25, -0.2) is 13.2 Å². The van der Waals surface area contributed by atoms with Crippen LogP contribution >= 0.6 is 12.2 Å². The largest absolute Gasteiger partial charge is 0.392 e. The monoisotopic (exact) mass is 316 g/mol. The molecule has 1 aromatic carbocycles. The first-order valence-corrected chi connectivity index (χ1v) is 7.04. The van der Waals surface area contributed by atoms with Crippen molar-refractivity contribution in [2.24, 2.45) is 5.73 Å². The van der Waals surface area contributed by atoms with Crippen LogP contribution in [0.3, 0.4) is 0 Å². The summed E-state index contributed by atoms with van der Waals surface area (Å²) in [6.07, 6.45) is 3.52. The third kappa shape index (κ3) is 3.53. The van der Waals surface area contributed by atoms with E-state index in [0.29, 0.717) is 12.1 Å². The van der Waals surface area contributed by atoms with Gasteiger partial charge in [-0.2, -0.15) is 0 Å². The summed E-state index contributed by atoms with van der Waals surface area (Å²) in [5, 5.41) is 0. The highest BCUT2D eigenvalue weighted by Crippen LogP contribution is 2.25. The molecule has 0 atom stereocenters. The van der Waals surface area contributed by atoms with E-state index in [0.717, 1.165) is 25.7 Å². The van der Waals surface area contributed by atoms with Crippen LogP contribution in [-0.2, 0) is 0 Å². The SMILES string of the molecule is NC(=S)CN(C(=O)c1cc(F)c(F)c(F)c1)C1CCCC1. The predicted molar refractivity (Wildman–Crippen MR) is 76.4 cm³/mol. The van der Waals surface area contributed by atoms with Crippen molar-refractivity contribution >= 4 is 23.1 Å². The van der Waals surface area contributed by atoms with Crippen LogP contribution in [0.2, 0.25) is 0 Å². The summed E-state index contributed by atoms with van der Waals surface area (Å²) in [5.41, 5.74) is 5.25. The quantitative estimate of drug-likeness (QED) is 0.686. The number of hydrogen-bond donors (Lipinski definition) is 1. The molecule has 0 bridgehead atoms. The van der Waals surface area contributed by atoms with Gasteiger partial charge in [0.25, 0.3) is 5.91 Å². The molecule has 1 aromatic rings. The van der Waals surface area contributed by atoms with Crippen molar-refractivity contribution in [1.82, 2.24) is 4.90 Å². The molecule has 0 radical (unpaired) electrons. The number of benzene rings is 1. The molecule has 0 saturated heterocycles. The number of carbonyl (C=O) groups excluding carboxylic acids is 1. The molecular weight excluding hydrogens is 301 g/mol. The lowest BCUT2D eigenvalue weighted by Crippen LogP contribution is -2.43. The van der Waals surface area contributed by atoms with E-state index in [1.54, 1.807) is 0 Å². The average Bonchev–Trinajstić information content (AvgIpc) is 2.94. The number of hydrogen-bond acceptors (Lipinski definition) is 2. The Morgan fingerprint density at radius 2 is 1.76 bits per heavy atom. The standard InChI is InChI=1S/C14H15F3N2OS/c15-10-5-8(6-11(16)13(10)17)14(20)19(7-12(18)21)9-3-1-2-4-9/h5-6,9H,1-4,7H2,(H2,18,21). The maximum atomic E-state index is 13.3. The first-order valence-electron chi connectivity index (χ1n) is 6.64. The Hall–Kier alpha value is -1.63. The average molecular weight is 316 g/mol. The zero-order valence-corrected chi connectivity index (χ0v) is 12.1. The Morgan fingerprint density at radius 3 is 2.24 bits per heavy atom. The fraction of sp³-hybridized carbons (Fsp3) is 0.429. The van der Waals surface area contributed by atoms with Crippen molar-refractivity contribution in [2.75, 3.05) is 6.54 Å². The van der Waals surface area contributed by atoms with E-state index in [4.69, 9.17) is 18.0 Å². The van der Waals surface area contributed by atoms with Gasteiger partial charge in [0.05, 0.1) is 11.5 Å². The third-order valence-corrected chi connectivity index (χ3v) is 3.71. The normalized spacial score (nSPS) is 15.2. The molecule has 0 aliphatic heterocycles. The molecule has 1 aliphatic rings. The van der Waals surface area contributed by atoms with Crippen LogP contribution in [0, 0.1) is 17.5 Å². The van der Waals surface area contributed by atoms with Gasteiger partial charge in [-0.05, 0) is 25.0 Å². The topological polar surface area (TPSA) is 46.3 Å². The summed E-state index contributed by atoms with van der Waals surface area (Å²) >= 11 is 4.82. The molecule has 21 heavy (non-hydrogen) atoms. The minimum absolute atomic E-state index is 0.0411. The molecule has 2 rings (SSSR count). The lowest BCUT2D eigenvalue weighted by molar-refractivity contribution is 0.0713. The fourth-order valence-corrected chi connectivity index (χ4v) is 2.73. The number of nitrogens with zero attached hydrogens (tertiary/aromatic N) is 1. The van der Waals surface area contributed by atoms with E-state index in [1.165, 1.54) is 4.90 Å². The van der Waals surface area contributed by atoms with Crippen molar-refractivity contribution in [3.63, 3.8) is 0 Å². The number of halogens is 3. The Morgan fingerprint density at radius 1 is 1.24 bits per heavy atom. The summed E-state index contributed by atoms with van der Waals surface area (Å²) in [5.74, 6) is -4.96. The van der Waals surface area contributed by atoms with Crippen LogP contribution in [0.4, 0.5) is 13.2 Å². The Kier molecular flexibility index (Phi) is 4.82. The predicted octanol–water partition coefficient (Wildman–Crippen LogP) is 2.77. The van der Waals surface area contributed by atoms with Gasteiger partial charge in [-0.1, -0.05) is 25.1 Å². The zero-order valence-electron chi connectivity index (χ0n) is 11.2. The Balaban J connectivity index is 2.31. The van der Waals surface area contributed by atoms with Crippen LogP contribution in [0.25, 0.3) is 0 Å². The van der Waals surface area contributed by atoms with Crippen molar-refractivity contribution in [2.45, 2.75) is 31.7 Å². The van der Waals surface area contributed by atoms with Gasteiger partial charge in [0.15, 0.2) is 17.5 Å². The van der Waals surface area contributed by atoms with Crippen molar-refractivity contribution in [3.8, 4) is 0 Å². The molecule has 3 nitrogen and oxygen atoms in total. The van der Waals surface area contributed by atoms with E-state index < -0.39 is 23.4 Å². The lowest BCUT2D eigenvalue weighted by Gasteiger charge is -2.28. The third-order valence-electron chi connectivity index (χ3n) is 3.58. The summed E-state index contributed by atoms with van der Waals surface area (Å²) in [6, 6.07) is 1.33. The van der Waals surface area contributed by atoms with Crippen LogP contribution in [0.15, 0.2) is 12.1 Å². The molecule has 0 aromatic heterocycles. The molecule has 1 fully saturated rings. The van der Waals surface area contributed by atoms with Gasteiger partial charge in [-0.3, -0.25) is 4.79 Å². The van der Waals surface area contributed by atoms with Crippen LogP contribution in [-0.4, -0.2) is 28.4 Å². The van der Waals surface area contributed by atoms with Gasteiger partial charge in [0.1, 0.15) is 0 Å². The highest BCUT2D eigenvalue weighted by atomic mass is 32.1. The highest BCUT2D eigenvalue weighted by Gasteiger charge is 2.29. The van der Waals surface area contributed by atoms with Gasteiger partial charge in [0, 0.05) is 11.6 Å². The van der Waals surface area contributed by atoms with Gasteiger partial charge >= 0.3 is 0 Å². The number of carbonyl (C=O) groups is 1. The number of rotatable bonds is 4.